The SMILES string of the molecule is COc1ccc(/C=C\C(=O)c2ccc(O)cc2)c(OC)c1OC. The maximum absolute atomic E-state index is 12.1. The zero-order valence-corrected chi connectivity index (χ0v) is 13.2. The molecule has 0 heterocycles. The van der Waals surface area contributed by atoms with Crippen LogP contribution in [-0.4, -0.2) is 32.2 Å². The van der Waals surface area contributed by atoms with Crippen LogP contribution in [0.4, 0.5) is 0 Å². The number of benzene rings is 2. The van der Waals surface area contributed by atoms with E-state index < -0.39 is 0 Å². The largest absolute Gasteiger partial charge is 0.508 e. The van der Waals surface area contributed by atoms with Crippen molar-refractivity contribution in [1.29, 1.82) is 0 Å². The second-order valence-corrected chi connectivity index (χ2v) is 4.67. The Morgan fingerprint density at radius 3 is 2.13 bits per heavy atom. The Morgan fingerprint density at radius 1 is 0.913 bits per heavy atom. The summed E-state index contributed by atoms with van der Waals surface area (Å²) in [4.78, 5) is 12.1. The van der Waals surface area contributed by atoms with Gasteiger partial charge in [-0.2, -0.15) is 0 Å². The fourth-order valence-electron chi connectivity index (χ4n) is 2.14. The van der Waals surface area contributed by atoms with Crippen molar-refractivity contribution < 1.29 is 24.1 Å². The molecule has 5 nitrogen and oxygen atoms in total. The van der Waals surface area contributed by atoms with Gasteiger partial charge < -0.3 is 19.3 Å². The molecular weight excluding hydrogens is 296 g/mol. The number of allylic oxidation sites excluding steroid dienone is 1. The summed E-state index contributed by atoms with van der Waals surface area (Å²) in [7, 11) is 4.59. The molecule has 0 saturated carbocycles. The molecule has 0 unspecified atom stereocenters. The van der Waals surface area contributed by atoms with Crippen molar-refractivity contribution in [3.8, 4) is 23.0 Å². The average Bonchev–Trinajstić information content (AvgIpc) is 2.59. The summed E-state index contributed by atoms with van der Waals surface area (Å²) in [6.45, 7) is 0. The van der Waals surface area contributed by atoms with Crippen LogP contribution in [0.25, 0.3) is 6.08 Å². The zero-order valence-electron chi connectivity index (χ0n) is 13.2. The maximum atomic E-state index is 12.1. The van der Waals surface area contributed by atoms with E-state index in [1.54, 1.807) is 37.5 Å². The summed E-state index contributed by atoms with van der Waals surface area (Å²) in [5.74, 6) is 1.44. The first-order chi connectivity index (χ1) is 11.1. The first-order valence-electron chi connectivity index (χ1n) is 6.91. The lowest BCUT2D eigenvalue weighted by molar-refractivity contribution is 0.104. The number of phenolic OH excluding ortho intramolecular Hbond substituents is 1. The number of hydrogen-bond acceptors (Lipinski definition) is 5. The van der Waals surface area contributed by atoms with E-state index in [1.165, 1.54) is 32.4 Å². The van der Waals surface area contributed by atoms with Gasteiger partial charge in [-0.1, -0.05) is 0 Å². The van der Waals surface area contributed by atoms with Gasteiger partial charge in [0.15, 0.2) is 17.3 Å². The minimum absolute atomic E-state index is 0.118. The number of carbonyl (C=O) groups excluding carboxylic acids is 1. The smallest absolute Gasteiger partial charge is 0.203 e. The van der Waals surface area contributed by atoms with Crippen LogP contribution in [-0.2, 0) is 0 Å². The van der Waals surface area contributed by atoms with Crippen molar-refractivity contribution in [2.75, 3.05) is 21.3 Å². The second-order valence-electron chi connectivity index (χ2n) is 4.67. The van der Waals surface area contributed by atoms with Crippen LogP contribution in [0.15, 0.2) is 42.5 Å². The van der Waals surface area contributed by atoms with Crippen LogP contribution in [0.5, 0.6) is 23.0 Å². The van der Waals surface area contributed by atoms with Crippen LogP contribution in [0.1, 0.15) is 15.9 Å². The number of ketones is 1. The number of rotatable bonds is 6. The van der Waals surface area contributed by atoms with Crippen molar-refractivity contribution in [3.05, 3.63) is 53.6 Å². The lowest BCUT2D eigenvalue weighted by Gasteiger charge is -2.13. The lowest BCUT2D eigenvalue weighted by atomic mass is 10.1. The molecule has 2 aromatic rings. The molecule has 0 radical (unpaired) electrons. The second kappa shape index (κ2) is 7.35. The molecule has 1 N–H and O–H groups in total. The van der Waals surface area contributed by atoms with E-state index in [1.807, 2.05) is 0 Å². The molecule has 2 rings (SSSR count). The Hall–Kier alpha value is -2.95. The fraction of sp³-hybridized carbons (Fsp3) is 0.167. The van der Waals surface area contributed by atoms with Crippen LogP contribution in [0.2, 0.25) is 0 Å². The molecule has 0 bridgehead atoms. The summed E-state index contributed by atoms with van der Waals surface area (Å²) in [6, 6.07) is 9.59. The quantitative estimate of drug-likeness (QED) is 0.654. The van der Waals surface area contributed by atoms with E-state index in [-0.39, 0.29) is 11.5 Å². The molecule has 0 aliphatic heterocycles. The molecule has 23 heavy (non-hydrogen) atoms. The Kier molecular flexibility index (Phi) is 5.25. The van der Waals surface area contributed by atoms with Gasteiger partial charge in [0.05, 0.1) is 21.3 Å². The average molecular weight is 314 g/mol. The predicted octanol–water partition coefficient (Wildman–Crippen LogP) is 3.31. The summed E-state index contributed by atoms with van der Waals surface area (Å²) >= 11 is 0. The number of ether oxygens (including phenoxy) is 3. The molecule has 0 aliphatic rings. The topological polar surface area (TPSA) is 65.0 Å². The van der Waals surface area contributed by atoms with Crippen LogP contribution >= 0.6 is 0 Å². The monoisotopic (exact) mass is 314 g/mol. The maximum Gasteiger partial charge on any atom is 0.203 e. The van der Waals surface area contributed by atoms with Crippen molar-refractivity contribution in [2.45, 2.75) is 0 Å². The van der Waals surface area contributed by atoms with Gasteiger partial charge in [0.2, 0.25) is 5.75 Å². The van der Waals surface area contributed by atoms with Crippen LogP contribution < -0.4 is 14.2 Å². The van der Waals surface area contributed by atoms with E-state index >= 15 is 0 Å². The van der Waals surface area contributed by atoms with Gasteiger partial charge in [-0.05, 0) is 48.6 Å². The molecule has 2 aromatic carbocycles. The van der Waals surface area contributed by atoms with E-state index in [0.29, 0.717) is 28.4 Å². The highest BCUT2D eigenvalue weighted by Gasteiger charge is 2.14. The minimum Gasteiger partial charge on any atom is -0.508 e. The van der Waals surface area contributed by atoms with Gasteiger partial charge in [0.1, 0.15) is 5.75 Å². The van der Waals surface area contributed by atoms with Crippen molar-refractivity contribution in [1.82, 2.24) is 0 Å². The summed E-state index contributed by atoms with van der Waals surface area (Å²) in [5, 5.41) is 9.25. The number of hydrogen-bond donors (Lipinski definition) is 1. The molecule has 0 atom stereocenters. The fourth-order valence-corrected chi connectivity index (χ4v) is 2.14. The van der Waals surface area contributed by atoms with Gasteiger partial charge in [-0.15, -0.1) is 0 Å². The molecule has 5 heteroatoms. The highest BCUT2D eigenvalue weighted by Crippen LogP contribution is 2.40. The highest BCUT2D eigenvalue weighted by molar-refractivity contribution is 6.07. The van der Waals surface area contributed by atoms with E-state index in [2.05, 4.69) is 0 Å². The molecule has 120 valence electrons. The molecular formula is C18H18O5. The van der Waals surface area contributed by atoms with E-state index in [0.717, 1.165) is 0 Å². The zero-order chi connectivity index (χ0) is 16.8. The van der Waals surface area contributed by atoms with Gasteiger partial charge in [-0.25, -0.2) is 0 Å². The molecule has 0 fully saturated rings. The summed E-state index contributed by atoms with van der Waals surface area (Å²) in [6.07, 6.45) is 3.09. The first-order valence-corrected chi connectivity index (χ1v) is 6.91. The molecule has 0 saturated heterocycles. The normalized spacial score (nSPS) is 10.6. The van der Waals surface area contributed by atoms with Gasteiger partial charge in [0.25, 0.3) is 0 Å². The standard InChI is InChI=1S/C18H18O5/c1-21-16-11-7-13(17(22-2)18(16)23-3)6-10-15(20)12-4-8-14(19)9-5-12/h4-11,19H,1-3H3/b10-6-. The van der Waals surface area contributed by atoms with Crippen LogP contribution in [0, 0.1) is 0 Å². The van der Waals surface area contributed by atoms with Crippen molar-refractivity contribution in [2.24, 2.45) is 0 Å². The lowest BCUT2D eigenvalue weighted by Crippen LogP contribution is -1.97. The number of carbonyl (C=O) groups is 1. The van der Waals surface area contributed by atoms with Crippen LogP contribution in [0.3, 0.4) is 0 Å². The molecule has 0 aromatic heterocycles. The first kappa shape index (κ1) is 16.4. The van der Waals surface area contributed by atoms with Gasteiger partial charge >= 0.3 is 0 Å². The summed E-state index contributed by atoms with van der Waals surface area (Å²) in [5.41, 5.74) is 1.18. The predicted molar refractivity (Wildman–Crippen MR) is 87.6 cm³/mol. The van der Waals surface area contributed by atoms with Gasteiger partial charge in [-0.3, -0.25) is 4.79 Å². The molecule has 0 spiro atoms. The van der Waals surface area contributed by atoms with Gasteiger partial charge in [0, 0.05) is 11.1 Å². The Morgan fingerprint density at radius 2 is 1.57 bits per heavy atom. The number of phenols is 1. The highest BCUT2D eigenvalue weighted by atomic mass is 16.5. The Balaban J connectivity index is 2.32. The third kappa shape index (κ3) is 3.63. The summed E-state index contributed by atoms with van der Waals surface area (Å²) < 4.78 is 15.9. The Bertz CT molecular complexity index is 717. The van der Waals surface area contributed by atoms with E-state index in [4.69, 9.17) is 14.2 Å². The molecule has 0 aliphatic carbocycles. The number of methoxy groups -OCH3 is 3. The minimum atomic E-state index is -0.179. The van der Waals surface area contributed by atoms with E-state index in [9.17, 15) is 9.90 Å². The van der Waals surface area contributed by atoms with Crippen molar-refractivity contribution >= 4 is 11.9 Å². The Labute approximate surface area is 134 Å². The third-order valence-corrected chi connectivity index (χ3v) is 3.30. The number of aromatic hydroxyl groups is 1. The van der Waals surface area contributed by atoms with Crippen molar-refractivity contribution in [3.63, 3.8) is 0 Å². The third-order valence-electron chi connectivity index (χ3n) is 3.30. The molecule has 0 amide bonds.